The molecular formula is C41H51N5O9PS16Si+. The number of rotatable bonds is 14. The Morgan fingerprint density at radius 1 is 0.849 bits per heavy atom. The molecule has 73 heavy (non-hydrogen) atoms. The lowest BCUT2D eigenvalue weighted by Crippen LogP contribution is -2.49. The van der Waals surface area contributed by atoms with E-state index in [4.69, 9.17) is 45.5 Å². The number of H-pyrrole nitrogens is 1. The van der Waals surface area contributed by atoms with Gasteiger partial charge in [0.2, 0.25) is 11.9 Å². The molecule has 6 rings (SSSR count). The van der Waals surface area contributed by atoms with Gasteiger partial charge in [-0.05, 0) is 53.9 Å². The first-order chi connectivity index (χ1) is 34.9. The second-order valence-electron chi connectivity index (χ2n) is 17.0. The van der Waals surface area contributed by atoms with Crippen molar-refractivity contribution in [3.63, 3.8) is 0 Å². The molecule has 1 aliphatic heterocycles. The second kappa shape index (κ2) is 30.9. The van der Waals surface area contributed by atoms with Gasteiger partial charge >= 0.3 is 8.25 Å². The molecule has 1 aliphatic rings. The maximum atomic E-state index is 13.3. The molecule has 32 heteroatoms. The predicted molar refractivity (Wildman–Crippen MR) is 337 cm³/mol. The predicted octanol–water partition coefficient (Wildman–Crippen LogP) is 7.32. The fraction of sp³-hybridized carbons (Fsp3) is 0.415. The summed E-state index contributed by atoms with van der Waals surface area (Å²) < 4.78 is 46.6. The van der Waals surface area contributed by atoms with E-state index in [9.17, 15) is 19.0 Å². The number of benzene rings is 3. The number of methoxy groups -OCH3 is 1. The normalized spacial score (nSPS) is 17.3. The van der Waals surface area contributed by atoms with Crippen LogP contribution >= 0.6 is 8.25 Å². The van der Waals surface area contributed by atoms with Crippen molar-refractivity contribution in [2.75, 3.05) is 19.0 Å². The zero-order chi connectivity index (χ0) is 53.2. The SMILES string of the molecule is COc1ccc(C(OC[C@H]2O[C@@H](n3cnc4c(=O)[nH]c(NC(=O)C(C)C)nc43)[C@@H](O[Si](C)(C)C(C)(C)C)C2O[P+](=O)O)(c2ccccc2)c2ccc(C)cc2)cc1.S=S=S=S=S=S=S=S=S=S=S=S=S=S=S=S. The maximum absolute atomic E-state index is 13.3. The zero-order valence-corrected chi connectivity index (χ0v) is 55.2. The monoisotopic (exact) mass is 1330 g/mol. The lowest BCUT2D eigenvalue weighted by atomic mass is 9.79. The van der Waals surface area contributed by atoms with Gasteiger partial charge in [-0.2, -0.15) is 4.98 Å². The van der Waals surface area contributed by atoms with E-state index in [0.29, 0.717) is 5.75 Å². The summed E-state index contributed by atoms with van der Waals surface area (Å²) in [6.45, 7) is 15.7. The second-order valence-corrected chi connectivity index (χ2v) is 47.2. The van der Waals surface area contributed by atoms with Crippen LogP contribution in [0.1, 0.15) is 63.1 Å². The minimum absolute atomic E-state index is 0.000373. The third kappa shape index (κ3) is 18.0. The van der Waals surface area contributed by atoms with Crippen molar-refractivity contribution in [1.29, 1.82) is 0 Å². The minimum Gasteiger partial charge on any atom is -0.497 e. The molecule has 1 amide bonds. The summed E-state index contributed by atoms with van der Waals surface area (Å²) in [5, 5.41) is 2.36. The molecule has 5 aromatic rings. The van der Waals surface area contributed by atoms with Crippen molar-refractivity contribution >= 4 is 186 Å². The van der Waals surface area contributed by atoms with Crippen LogP contribution in [0.3, 0.4) is 0 Å². The Bertz CT molecular complexity index is 3420. The highest BCUT2D eigenvalue weighted by atomic mass is 33.5. The van der Waals surface area contributed by atoms with Crippen molar-refractivity contribution < 1.29 is 37.4 Å². The molecule has 0 bridgehead atoms. The van der Waals surface area contributed by atoms with E-state index >= 15 is 0 Å². The molecule has 3 unspecified atom stereocenters. The van der Waals surface area contributed by atoms with Crippen LogP contribution in [-0.4, -0.2) is 70.7 Å². The summed E-state index contributed by atoms with van der Waals surface area (Å²) in [6, 6.07) is 25.5. The van der Waals surface area contributed by atoms with E-state index in [0.717, 1.165) is 22.3 Å². The molecule has 1 saturated heterocycles. The van der Waals surface area contributed by atoms with Crippen LogP contribution in [0.4, 0.5) is 5.95 Å². The van der Waals surface area contributed by atoms with Gasteiger partial charge in [-0.25, -0.2) is 4.98 Å². The smallest absolute Gasteiger partial charge is 0.497 e. The van der Waals surface area contributed by atoms with Crippen molar-refractivity contribution in [3.05, 3.63) is 118 Å². The first-order valence-corrected chi connectivity index (χ1v) is 45.3. The van der Waals surface area contributed by atoms with Crippen molar-refractivity contribution in [2.45, 2.75) is 89.8 Å². The number of nitrogens with one attached hydrogen (secondary N) is 2. The number of carbonyl (C=O) groups is 1. The van der Waals surface area contributed by atoms with Gasteiger partial charge in [0.15, 0.2) is 31.8 Å². The van der Waals surface area contributed by atoms with Crippen LogP contribution in [0, 0.1) is 12.8 Å². The average molecular weight is 1330 g/mol. The van der Waals surface area contributed by atoms with Crippen LogP contribution in [0.25, 0.3) is 11.2 Å². The molecular weight excluding hydrogens is 1280 g/mol. The highest BCUT2D eigenvalue weighted by Gasteiger charge is 2.56. The molecule has 3 aromatic carbocycles. The first kappa shape index (κ1) is 62.8. The number of hydrogen-bond acceptors (Lipinski definition) is 12. The van der Waals surface area contributed by atoms with Gasteiger partial charge in [-0.1, -0.05) is 107 Å². The summed E-state index contributed by atoms with van der Waals surface area (Å²) in [7, 11) is 19.3. The third-order valence-electron chi connectivity index (χ3n) is 11.2. The molecule has 0 radical (unpaired) electrons. The van der Waals surface area contributed by atoms with Gasteiger partial charge in [0.1, 0.15) is 23.6 Å². The standard InChI is InChI=1S/C41H50N5O9PSi.S16/c1-25(2)36(47)44-39-43-35-32(37(48)45-39)42-24-46(35)38-34(55-57(8,9)40(4,5)6)33(54-56(49)50)31(53-38)23-52-41(27-13-11-10-12-14-27,28-17-15-26(3)16-18-28)29-19-21-30(51-7)22-20-29;1-3-5-7-9-11-13-15-16-14-12-10-8-6-4-2/h10-22,24-25,31,33-34,38H,23H2,1-9H3,(H2-,43,44,45,47,48,49,50);/p+1/t31-,33?,34+,38-,41?;/m1./s1. The van der Waals surface area contributed by atoms with Crippen LogP contribution in [0.15, 0.2) is 90.0 Å². The van der Waals surface area contributed by atoms with Crippen LogP contribution in [-0.2, 0) is 180 Å². The quantitative estimate of drug-likeness (QED) is 0.0574. The number of carbonyl (C=O) groups excluding carboxylic acids is 1. The summed E-state index contributed by atoms with van der Waals surface area (Å²) in [6.07, 6.45) is -2.79. The lowest BCUT2D eigenvalue weighted by molar-refractivity contribution is -0.118. The molecule has 0 spiro atoms. The highest BCUT2D eigenvalue weighted by Crippen LogP contribution is 2.47. The Kier molecular flexibility index (Phi) is 26.6. The average Bonchev–Trinajstić information content (AvgIpc) is 3.93. The molecule has 2 aromatic heterocycles. The van der Waals surface area contributed by atoms with Crippen LogP contribution in [0.5, 0.6) is 5.75 Å². The molecule has 1 fully saturated rings. The van der Waals surface area contributed by atoms with E-state index < -0.39 is 52.3 Å². The number of hydrogen-bond donors (Lipinski definition) is 3. The van der Waals surface area contributed by atoms with E-state index in [1.54, 1.807) is 132 Å². The molecule has 3 heterocycles. The molecule has 6 atom stereocenters. The van der Waals surface area contributed by atoms with Crippen LogP contribution in [0.2, 0.25) is 18.1 Å². The number of imidazole rings is 1. The molecule has 398 valence electrons. The van der Waals surface area contributed by atoms with Gasteiger partial charge in [0.05, 0.1) is 20.0 Å². The van der Waals surface area contributed by atoms with Crippen molar-refractivity contribution in [1.82, 2.24) is 19.5 Å². The summed E-state index contributed by atoms with van der Waals surface area (Å²) in [5.74, 6) is -0.116. The maximum Gasteiger partial charge on any atom is 0.695 e. The summed E-state index contributed by atoms with van der Waals surface area (Å²) in [5.41, 5.74) is 1.85. The largest absolute Gasteiger partial charge is 0.695 e. The van der Waals surface area contributed by atoms with E-state index in [-0.39, 0.29) is 40.6 Å². The number of aromatic amines is 1. The van der Waals surface area contributed by atoms with Crippen molar-refractivity contribution in [2.24, 2.45) is 5.92 Å². The Morgan fingerprint density at radius 3 is 1.86 bits per heavy atom. The summed E-state index contributed by atoms with van der Waals surface area (Å²) >= 11 is 9.46. The van der Waals surface area contributed by atoms with Crippen molar-refractivity contribution in [3.8, 4) is 5.75 Å². The van der Waals surface area contributed by atoms with Gasteiger partial charge in [-0.3, -0.25) is 24.5 Å². The number of aromatic nitrogens is 4. The minimum atomic E-state index is -3.16. The molecule has 3 N–H and O–H groups in total. The summed E-state index contributed by atoms with van der Waals surface area (Å²) in [4.78, 5) is 47.8. The van der Waals surface area contributed by atoms with Gasteiger partial charge in [0.25, 0.3) is 5.56 Å². The topological polar surface area (TPSA) is 176 Å². The molecule has 0 aliphatic carbocycles. The highest BCUT2D eigenvalue weighted by molar-refractivity contribution is 8.77. The first-order valence-electron chi connectivity index (χ1n) is 21.3. The Hall–Kier alpha value is -1.08. The number of amides is 1. The van der Waals surface area contributed by atoms with E-state index in [1.807, 2.05) is 85.8 Å². The molecule has 0 saturated carbocycles. The van der Waals surface area contributed by atoms with Crippen LogP contribution < -0.4 is 15.6 Å². The number of aryl methyl sites for hydroxylation is 1. The van der Waals surface area contributed by atoms with E-state index in [2.05, 4.69) is 54.1 Å². The molecule has 14 nitrogen and oxygen atoms in total. The van der Waals surface area contributed by atoms with Gasteiger partial charge in [0, 0.05) is 157 Å². The number of ether oxygens (including phenoxy) is 3. The fourth-order valence-electron chi connectivity index (χ4n) is 6.75. The van der Waals surface area contributed by atoms with E-state index in [1.165, 1.54) is 24.1 Å². The number of fused-ring (bicyclic) bond motifs is 1. The number of anilines is 1. The Labute approximate surface area is 475 Å². The lowest BCUT2D eigenvalue weighted by Gasteiger charge is -2.40. The Morgan fingerprint density at radius 2 is 1.37 bits per heavy atom. The van der Waals surface area contributed by atoms with Gasteiger partial charge in [-0.15, -0.1) is 9.42 Å². The van der Waals surface area contributed by atoms with Gasteiger partial charge < -0.3 is 18.6 Å². The fourth-order valence-corrected chi connectivity index (χ4v) is 41.4. The number of nitrogens with zero attached hydrogens (tertiary/aromatic N) is 3. The zero-order valence-electron chi connectivity index (χ0n) is 40.2. The Balaban J connectivity index is 0.000000531. The third-order valence-corrected chi connectivity index (χ3v) is 45.0.